The Morgan fingerprint density at radius 1 is 1.06 bits per heavy atom. The van der Waals surface area contributed by atoms with Crippen LogP contribution in [0.25, 0.3) is 0 Å². The molecule has 2 N–H and O–H groups in total. The minimum absolute atomic E-state index is 0.400. The molecule has 0 saturated heterocycles. The molecule has 0 radical (unpaired) electrons. The van der Waals surface area contributed by atoms with Crippen molar-refractivity contribution < 1.29 is 5.11 Å². The van der Waals surface area contributed by atoms with Crippen molar-refractivity contribution in [3.8, 4) is 0 Å². The zero-order valence-corrected chi connectivity index (χ0v) is 8.88. The van der Waals surface area contributed by atoms with E-state index in [9.17, 15) is 5.11 Å². The topological polar surface area (TPSA) is 49.0 Å². The van der Waals surface area contributed by atoms with Crippen molar-refractivity contribution in [2.24, 2.45) is 0 Å². The van der Waals surface area contributed by atoms with Crippen LogP contribution in [-0.2, 0) is 6.54 Å². The highest BCUT2D eigenvalue weighted by atomic mass is 16.3. The third-order valence-corrected chi connectivity index (χ3v) is 2.49. The molecule has 0 aliphatic heterocycles. The van der Waals surface area contributed by atoms with Crippen molar-refractivity contribution in [3.05, 3.63) is 65.8 Å². The highest BCUT2D eigenvalue weighted by Crippen LogP contribution is 2.13. The number of aromatic nitrogens is 1. The molecule has 0 fully saturated rings. The van der Waals surface area contributed by atoms with Gasteiger partial charge in [0.25, 0.3) is 0 Å². The standard InChI is InChI=1S/C13H14N2O/c14-13-8-4-5-9-15(13)10-12(16)11-6-2-1-3-7-11/h1-9,12,14,16H,10H2/t12-/m1/s1. The van der Waals surface area contributed by atoms with E-state index in [-0.39, 0.29) is 0 Å². The molecule has 3 heteroatoms. The Labute approximate surface area is 94.1 Å². The summed E-state index contributed by atoms with van der Waals surface area (Å²) in [7, 11) is 0. The lowest BCUT2D eigenvalue weighted by molar-refractivity contribution is 0.154. The second-order valence-corrected chi connectivity index (χ2v) is 3.66. The predicted octanol–water partition coefficient (Wildman–Crippen LogP) is 1.70. The number of aliphatic hydroxyl groups is 1. The quantitative estimate of drug-likeness (QED) is 0.802. The van der Waals surface area contributed by atoms with Crippen molar-refractivity contribution in [1.29, 1.82) is 5.41 Å². The van der Waals surface area contributed by atoms with Crippen LogP contribution < -0.4 is 5.49 Å². The monoisotopic (exact) mass is 214 g/mol. The lowest BCUT2D eigenvalue weighted by atomic mass is 10.1. The molecule has 0 bridgehead atoms. The Kier molecular flexibility index (Phi) is 3.17. The number of nitrogens with zero attached hydrogens (tertiary/aromatic N) is 1. The van der Waals surface area contributed by atoms with Gasteiger partial charge in [-0.15, -0.1) is 0 Å². The van der Waals surface area contributed by atoms with Crippen LogP contribution in [0.15, 0.2) is 54.7 Å². The van der Waals surface area contributed by atoms with E-state index in [1.807, 2.05) is 42.5 Å². The van der Waals surface area contributed by atoms with Crippen LogP contribution in [0.4, 0.5) is 0 Å². The first-order valence-electron chi connectivity index (χ1n) is 5.20. The summed E-state index contributed by atoms with van der Waals surface area (Å²) in [4.78, 5) is 0. The van der Waals surface area contributed by atoms with Crippen LogP contribution in [0.1, 0.15) is 11.7 Å². The van der Waals surface area contributed by atoms with E-state index >= 15 is 0 Å². The summed E-state index contributed by atoms with van der Waals surface area (Å²) in [5.41, 5.74) is 1.27. The van der Waals surface area contributed by atoms with Crippen molar-refractivity contribution in [3.63, 3.8) is 0 Å². The average Bonchev–Trinajstić information content (AvgIpc) is 2.33. The number of pyridine rings is 1. The van der Waals surface area contributed by atoms with Crippen LogP contribution >= 0.6 is 0 Å². The van der Waals surface area contributed by atoms with Crippen LogP contribution in [0.5, 0.6) is 0 Å². The van der Waals surface area contributed by atoms with E-state index in [0.717, 1.165) is 5.56 Å². The van der Waals surface area contributed by atoms with Crippen LogP contribution in [-0.4, -0.2) is 9.67 Å². The highest BCUT2D eigenvalue weighted by molar-refractivity contribution is 5.17. The van der Waals surface area contributed by atoms with Gasteiger partial charge < -0.3 is 9.67 Å². The molecule has 1 atom stereocenters. The Morgan fingerprint density at radius 3 is 2.44 bits per heavy atom. The fourth-order valence-electron chi connectivity index (χ4n) is 1.60. The van der Waals surface area contributed by atoms with E-state index in [1.165, 1.54) is 0 Å². The molecular weight excluding hydrogens is 200 g/mol. The number of hydrogen-bond acceptors (Lipinski definition) is 2. The smallest absolute Gasteiger partial charge is 0.124 e. The first-order valence-corrected chi connectivity index (χ1v) is 5.20. The van der Waals surface area contributed by atoms with E-state index in [1.54, 1.807) is 16.8 Å². The molecule has 82 valence electrons. The molecular formula is C13H14N2O. The molecule has 1 heterocycles. The van der Waals surface area contributed by atoms with Gasteiger partial charge in [0, 0.05) is 6.20 Å². The highest BCUT2D eigenvalue weighted by Gasteiger charge is 2.06. The van der Waals surface area contributed by atoms with Crippen LogP contribution in [0, 0.1) is 5.41 Å². The molecule has 0 amide bonds. The molecule has 0 saturated carbocycles. The predicted molar refractivity (Wildman–Crippen MR) is 61.7 cm³/mol. The van der Waals surface area contributed by atoms with E-state index in [2.05, 4.69) is 0 Å². The minimum Gasteiger partial charge on any atom is -0.387 e. The molecule has 0 unspecified atom stereocenters. The second kappa shape index (κ2) is 4.77. The SMILES string of the molecule is N=c1ccccn1C[C@@H](O)c1ccccc1. The first kappa shape index (κ1) is 10.6. The number of aliphatic hydroxyl groups excluding tert-OH is 1. The van der Waals surface area contributed by atoms with E-state index < -0.39 is 6.10 Å². The molecule has 2 rings (SSSR count). The number of hydrogen-bond donors (Lipinski definition) is 2. The molecule has 0 aliphatic rings. The van der Waals surface area contributed by atoms with Crippen molar-refractivity contribution in [2.75, 3.05) is 0 Å². The van der Waals surface area contributed by atoms with Crippen molar-refractivity contribution in [1.82, 2.24) is 4.57 Å². The molecule has 2 aromatic rings. The van der Waals surface area contributed by atoms with Gasteiger partial charge in [0.05, 0.1) is 12.6 Å². The zero-order valence-electron chi connectivity index (χ0n) is 8.88. The van der Waals surface area contributed by atoms with Gasteiger partial charge in [0.15, 0.2) is 0 Å². The molecule has 1 aromatic carbocycles. The summed E-state index contributed by atoms with van der Waals surface area (Å²) in [5, 5.41) is 17.7. The molecule has 0 aliphatic carbocycles. The van der Waals surface area contributed by atoms with Gasteiger partial charge in [0.2, 0.25) is 0 Å². The summed E-state index contributed by atoms with van der Waals surface area (Å²) < 4.78 is 1.72. The summed E-state index contributed by atoms with van der Waals surface area (Å²) in [6.07, 6.45) is 1.23. The first-order chi connectivity index (χ1) is 7.77. The largest absolute Gasteiger partial charge is 0.387 e. The Bertz CT molecular complexity index is 505. The van der Waals surface area contributed by atoms with Gasteiger partial charge in [-0.05, 0) is 17.7 Å². The molecule has 1 aromatic heterocycles. The van der Waals surface area contributed by atoms with E-state index in [4.69, 9.17) is 5.41 Å². The molecule has 16 heavy (non-hydrogen) atoms. The number of nitrogens with one attached hydrogen (secondary N) is 1. The maximum Gasteiger partial charge on any atom is 0.124 e. The number of benzene rings is 1. The molecule has 3 nitrogen and oxygen atoms in total. The van der Waals surface area contributed by atoms with Gasteiger partial charge in [-0.2, -0.15) is 0 Å². The Balaban J connectivity index is 2.17. The number of rotatable bonds is 3. The van der Waals surface area contributed by atoms with Crippen LogP contribution in [0.2, 0.25) is 0 Å². The summed E-state index contributed by atoms with van der Waals surface area (Å²) >= 11 is 0. The second-order valence-electron chi connectivity index (χ2n) is 3.66. The van der Waals surface area contributed by atoms with Gasteiger partial charge in [-0.3, -0.25) is 5.41 Å². The molecule has 0 spiro atoms. The van der Waals surface area contributed by atoms with Gasteiger partial charge in [0.1, 0.15) is 5.49 Å². The van der Waals surface area contributed by atoms with Gasteiger partial charge in [-0.25, -0.2) is 0 Å². The van der Waals surface area contributed by atoms with Gasteiger partial charge in [-0.1, -0.05) is 36.4 Å². The maximum atomic E-state index is 9.99. The van der Waals surface area contributed by atoms with Crippen LogP contribution in [0.3, 0.4) is 0 Å². The Morgan fingerprint density at radius 2 is 1.75 bits per heavy atom. The summed E-state index contributed by atoms with van der Waals surface area (Å²) in [6, 6.07) is 14.9. The van der Waals surface area contributed by atoms with Crippen molar-refractivity contribution >= 4 is 0 Å². The lowest BCUT2D eigenvalue weighted by Gasteiger charge is -2.13. The fraction of sp³-hybridized carbons (Fsp3) is 0.154. The average molecular weight is 214 g/mol. The fourth-order valence-corrected chi connectivity index (χ4v) is 1.60. The normalized spacial score (nSPS) is 12.3. The maximum absolute atomic E-state index is 9.99. The Hall–Kier alpha value is -1.87. The zero-order chi connectivity index (χ0) is 11.4. The summed E-state index contributed by atoms with van der Waals surface area (Å²) in [6.45, 7) is 0.406. The lowest BCUT2D eigenvalue weighted by Crippen LogP contribution is -2.21. The minimum atomic E-state index is -0.572. The van der Waals surface area contributed by atoms with Gasteiger partial charge >= 0.3 is 0 Å². The van der Waals surface area contributed by atoms with Crippen molar-refractivity contribution in [2.45, 2.75) is 12.6 Å². The van der Waals surface area contributed by atoms with E-state index in [0.29, 0.717) is 12.0 Å². The third-order valence-electron chi connectivity index (χ3n) is 2.49. The summed E-state index contributed by atoms with van der Waals surface area (Å²) in [5.74, 6) is 0. The third kappa shape index (κ3) is 2.38.